The van der Waals surface area contributed by atoms with Gasteiger partial charge >= 0.3 is 0 Å². The number of carbonyl (C=O) groups is 2. The number of hydrogen-bond acceptors (Lipinski definition) is 5. The third-order valence-electron chi connectivity index (χ3n) is 5.53. The summed E-state index contributed by atoms with van der Waals surface area (Å²) >= 11 is 0. The number of nitrogens with one attached hydrogen (secondary N) is 2. The van der Waals surface area contributed by atoms with E-state index in [1.807, 2.05) is 6.92 Å². The number of hydrogen-bond donors (Lipinski definition) is 2. The van der Waals surface area contributed by atoms with Crippen LogP contribution < -0.4 is 14.9 Å². The summed E-state index contributed by atoms with van der Waals surface area (Å²) in [4.78, 5) is 27.6. The van der Waals surface area contributed by atoms with E-state index in [-0.39, 0.29) is 16.7 Å². The fourth-order valence-electron chi connectivity index (χ4n) is 3.84. The largest absolute Gasteiger partial charge is 0.376 e. The monoisotopic (exact) mass is 491 g/mol. The molecule has 2 aromatic carbocycles. The van der Waals surface area contributed by atoms with Crippen LogP contribution in [0.3, 0.4) is 0 Å². The van der Waals surface area contributed by atoms with Crippen molar-refractivity contribution in [1.29, 1.82) is 0 Å². The molecular formula is C24H30FN3O5S. The molecule has 1 aliphatic heterocycles. The van der Waals surface area contributed by atoms with Gasteiger partial charge in [0.25, 0.3) is 0 Å². The Morgan fingerprint density at radius 3 is 2.59 bits per heavy atom. The lowest BCUT2D eigenvalue weighted by atomic mass is 10.1. The Hall–Kier alpha value is -2.82. The summed E-state index contributed by atoms with van der Waals surface area (Å²) in [5.74, 6) is -1.65. The summed E-state index contributed by atoms with van der Waals surface area (Å²) in [5.41, 5.74) is 0.176. The molecule has 0 saturated carbocycles. The van der Waals surface area contributed by atoms with Crippen LogP contribution in [0.2, 0.25) is 0 Å². The molecule has 0 unspecified atom stereocenters. The van der Waals surface area contributed by atoms with E-state index in [4.69, 9.17) is 4.74 Å². The second-order valence-electron chi connectivity index (χ2n) is 8.07. The summed E-state index contributed by atoms with van der Waals surface area (Å²) in [7, 11) is -3.95. The number of ether oxygens (including phenoxy) is 1. The lowest BCUT2D eigenvalue weighted by Crippen LogP contribution is -2.53. The third-order valence-corrected chi connectivity index (χ3v) is 6.94. The van der Waals surface area contributed by atoms with E-state index in [0.717, 1.165) is 18.9 Å². The van der Waals surface area contributed by atoms with Gasteiger partial charge in [0, 0.05) is 18.8 Å². The molecule has 1 fully saturated rings. The van der Waals surface area contributed by atoms with Crippen LogP contribution in [0.1, 0.15) is 32.6 Å². The van der Waals surface area contributed by atoms with Gasteiger partial charge in [0.1, 0.15) is 11.9 Å². The average Bonchev–Trinajstić information content (AvgIpc) is 3.35. The van der Waals surface area contributed by atoms with Gasteiger partial charge in [-0.25, -0.2) is 17.5 Å². The van der Waals surface area contributed by atoms with Crippen LogP contribution >= 0.6 is 0 Å². The van der Waals surface area contributed by atoms with Crippen molar-refractivity contribution in [2.75, 3.05) is 24.6 Å². The highest BCUT2D eigenvalue weighted by Crippen LogP contribution is 2.22. The normalized spacial score (nSPS) is 16.7. The lowest BCUT2D eigenvalue weighted by molar-refractivity contribution is -0.126. The fourth-order valence-corrected chi connectivity index (χ4v) is 4.83. The quantitative estimate of drug-likeness (QED) is 0.503. The SMILES string of the molecule is CCC[C@@H](C(=O)NC[C@H]1CCCO1)N(C(=O)CNS(=O)(=O)c1ccccc1)c1cccc(F)c1. The van der Waals surface area contributed by atoms with E-state index in [1.54, 1.807) is 18.2 Å². The summed E-state index contributed by atoms with van der Waals surface area (Å²) in [6.45, 7) is 2.24. The smallest absolute Gasteiger partial charge is 0.243 e. The number of carbonyl (C=O) groups excluding carboxylic acids is 2. The minimum atomic E-state index is -3.95. The summed E-state index contributed by atoms with van der Waals surface area (Å²) in [6.07, 6.45) is 2.57. The van der Waals surface area contributed by atoms with Crippen LogP contribution in [0.4, 0.5) is 10.1 Å². The molecule has 10 heteroatoms. The molecule has 2 N–H and O–H groups in total. The number of sulfonamides is 1. The molecule has 0 aliphatic carbocycles. The van der Waals surface area contributed by atoms with Crippen molar-refractivity contribution in [3.8, 4) is 0 Å². The van der Waals surface area contributed by atoms with Gasteiger partial charge in [-0.1, -0.05) is 37.6 Å². The number of nitrogens with zero attached hydrogens (tertiary/aromatic N) is 1. The summed E-state index contributed by atoms with van der Waals surface area (Å²) < 4.78 is 47.0. The maximum Gasteiger partial charge on any atom is 0.243 e. The van der Waals surface area contributed by atoms with E-state index < -0.39 is 40.2 Å². The highest BCUT2D eigenvalue weighted by Gasteiger charge is 2.32. The van der Waals surface area contributed by atoms with E-state index in [2.05, 4.69) is 10.0 Å². The Balaban J connectivity index is 1.82. The highest BCUT2D eigenvalue weighted by molar-refractivity contribution is 7.89. The molecular weight excluding hydrogens is 461 g/mol. The van der Waals surface area contributed by atoms with Crippen molar-refractivity contribution in [3.05, 3.63) is 60.4 Å². The van der Waals surface area contributed by atoms with Gasteiger partial charge in [0.05, 0.1) is 17.5 Å². The second kappa shape index (κ2) is 12.0. The molecule has 3 rings (SSSR count). The van der Waals surface area contributed by atoms with Crippen LogP contribution in [0.25, 0.3) is 0 Å². The van der Waals surface area contributed by atoms with Gasteiger partial charge in [-0.3, -0.25) is 14.5 Å². The molecule has 0 spiro atoms. The standard InChI is InChI=1S/C24H30FN3O5S/c1-2-8-22(24(30)26-16-20-11-7-14-33-20)28(19-10-6-9-18(25)15-19)23(29)17-27-34(31,32)21-12-4-3-5-13-21/h3-6,9-10,12-13,15,20,22,27H,2,7-8,11,14,16-17H2,1H3,(H,26,30)/t20-,22+/m1/s1. The zero-order valence-electron chi connectivity index (χ0n) is 19.1. The first-order valence-electron chi connectivity index (χ1n) is 11.3. The molecule has 1 heterocycles. The third kappa shape index (κ3) is 6.85. The van der Waals surface area contributed by atoms with Gasteiger partial charge in [-0.05, 0) is 49.6 Å². The van der Waals surface area contributed by atoms with E-state index in [1.165, 1.54) is 35.2 Å². The number of benzene rings is 2. The minimum Gasteiger partial charge on any atom is -0.376 e. The Kier molecular flexibility index (Phi) is 9.14. The molecule has 184 valence electrons. The molecule has 34 heavy (non-hydrogen) atoms. The molecule has 0 bridgehead atoms. The van der Waals surface area contributed by atoms with Crippen LogP contribution in [-0.4, -0.2) is 52.1 Å². The van der Waals surface area contributed by atoms with Gasteiger partial charge < -0.3 is 10.1 Å². The van der Waals surface area contributed by atoms with Crippen molar-refractivity contribution in [1.82, 2.24) is 10.0 Å². The summed E-state index contributed by atoms with van der Waals surface area (Å²) in [6, 6.07) is 12.1. The Bertz CT molecular complexity index is 1080. The van der Waals surface area contributed by atoms with Crippen molar-refractivity contribution in [2.45, 2.75) is 49.6 Å². The number of halogens is 1. The molecule has 2 atom stereocenters. The Morgan fingerprint density at radius 2 is 1.94 bits per heavy atom. The van der Waals surface area contributed by atoms with Crippen LogP contribution in [0, 0.1) is 5.82 Å². The molecule has 1 aliphatic rings. The van der Waals surface area contributed by atoms with Crippen LogP contribution in [0.5, 0.6) is 0 Å². The number of anilines is 1. The van der Waals surface area contributed by atoms with Crippen molar-refractivity contribution in [2.24, 2.45) is 0 Å². The first-order chi connectivity index (χ1) is 16.3. The zero-order chi connectivity index (χ0) is 24.6. The van der Waals surface area contributed by atoms with Crippen molar-refractivity contribution < 1.29 is 27.1 Å². The maximum atomic E-state index is 14.0. The van der Waals surface area contributed by atoms with E-state index >= 15 is 0 Å². The van der Waals surface area contributed by atoms with Gasteiger partial charge in [0.15, 0.2) is 0 Å². The first-order valence-corrected chi connectivity index (χ1v) is 12.8. The summed E-state index contributed by atoms with van der Waals surface area (Å²) in [5, 5.41) is 2.84. The van der Waals surface area contributed by atoms with Crippen LogP contribution in [0.15, 0.2) is 59.5 Å². The zero-order valence-corrected chi connectivity index (χ0v) is 19.9. The molecule has 2 amide bonds. The predicted molar refractivity (Wildman–Crippen MR) is 126 cm³/mol. The molecule has 8 nitrogen and oxygen atoms in total. The Labute approximate surface area is 199 Å². The van der Waals surface area contributed by atoms with Crippen molar-refractivity contribution >= 4 is 27.5 Å². The van der Waals surface area contributed by atoms with Gasteiger partial charge in [-0.15, -0.1) is 0 Å². The number of amides is 2. The topological polar surface area (TPSA) is 105 Å². The van der Waals surface area contributed by atoms with E-state index in [9.17, 15) is 22.4 Å². The van der Waals surface area contributed by atoms with Crippen molar-refractivity contribution in [3.63, 3.8) is 0 Å². The minimum absolute atomic E-state index is 0.0134. The molecule has 1 saturated heterocycles. The molecule has 0 aromatic heterocycles. The number of rotatable bonds is 11. The maximum absolute atomic E-state index is 14.0. The Morgan fingerprint density at radius 1 is 1.18 bits per heavy atom. The predicted octanol–water partition coefficient (Wildman–Crippen LogP) is 2.60. The van der Waals surface area contributed by atoms with E-state index in [0.29, 0.717) is 26.0 Å². The fraction of sp³-hybridized carbons (Fsp3) is 0.417. The first kappa shape index (κ1) is 25.8. The average molecular weight is 492 g/mol. The molecule has 2 aromatic rings. The second-order valence-corrected chi connectivity index (χ2v) is 9.83. The molecule has 0 radical (unpaired) electrons. The van der Waals surface area contributed by atoms with Gasteiger partial charge in [-0.2, -0.15) is 0 Å². The lowest BCUT2D eigenvalue weighted by Gasteiger charge is -2.31. The van der Waals surface area contributed by atoms with Crippen LogP contribution in [-0.2, 0) is 24.3 Å². The van der Waals surface area contributed by atoms with Gasteiger partial charge in [0.2, 0.25) is 21.8 Å². The highest BCUT2D eigenvalue weighted by atomic mass is 32.2.